The van der Waals surface area contributed by atoms with Crippen LogP contribution in [-0.2, 0) is 5.60 Å². The van der Waals surface area contributed by atoms with Crippen LogP contribution in [0.1, 0.15) is 24.3 Å². The zero-order valence-electron chi connectivity index (χ0n) is 13.7. The van der Waals surface area contributed by atoms with E-state index in [4.69, 9.17) is 8.83 Å². The molecule has 0 fully saturated rings. The van der Waals surface area contributed by atoms with E-state index >= 15 is 0 Å². The molecule has 1 atom stereocenters. The van der Waals surface area contributed by atoms with Crippen molar-refractivity contribution in [1.29, 1.82) is 0 Å². The van der Waals surface area contributed by atoms with Crippen LogP contribution < -0.4 is 10.6 Å². The fraction of sp³-hybridized carbons (Fsp3) is 0.294. The van der Waals surface area contributed by atoms with Gasteiger partial charge in [-0.25, -0.2) is 9.78 Å². The molecule has 1 unspecified atom stereocenters. The molecule has 0 aliphatic rings. The lowest BCUT2D eigenvalue weighted by Gasteiger charge is -2.21. The Hall–Kier alpha value is -2.80. The molecule has 2 amide bonds. The lowest BCUT2D eigenvalue weighted by Crippen LogP contribution is -2.40. The summed E-state index contributed by atoms with van der Waals surface area (Å²) in [4.78, 5) is 16.2. The first-order chi connectivity index (χ1) is 11.3. The van der Waals surface area contributed by atoms with Gasteiger partial charge in [0.15, 0.2) is 11.5 Å². The molecule has 0 saturated carbocycles. The maximum absolute atomic E-state index is 12.0. The summed E-state index contributed by atoms with van der Waals surface area (Å²) in [6.45, 7) is 5.14. The second-order valence-electron chi connectivity index (χ2n) is 5.91. The van der Waals surface area contributed by atoms with Crippen molar-refractivity contribution in [3.63, 3.8) is 0 Å². The van der Waals surface area contributed by atoms with Gasteiger partial charge >= 0.3 is 6.03 Å². The number of hydrogen-bond acceptors (Lipinski definition) is 5. The van der Waals surface area contributed by atoms with E-state index in [9.17, 15) is 9.90 Å². The molecule has 3 rings (SSSR count). The number of aromatic nitrogens is 1. The number of hydrogen-bond donors (Lipinski definition) is 3. The van der Waals surface area contributed by atoms with Crippen molar-refractivity contribution >= 4 is 22.8 Å². The second-order valence-corrected chi connectivity index (χ2v) is 5.91. The molecule has 0 aliphatic carbocycles. The van der Waals surface area contributed by atoms with Crippen LogP contribution in [0.25, 0.3) is 11.1 Å². The Morgan fingerprint density at radius 3 is 2.75 bits per heavy atom. The molecular weight excluding hydrogens is 310 g/mol. The predicted octanol–water partition coefficient (Wildman–Crippen LogP) is 3.07. The van der Waals surface area contributed by atoms with Gasteiger partial charge < -0.3 is 24.6 Å². The van der Waals surface area contributed by atoms with Crippen molar-refractivity contribution in [1.82, 2.24) is 10.3 Å². The molecule has 2 heterocycles. The smallest absolute Gasteiger partial charge is 0.319 e. The van der Waals surface area contributed by atoms with Crippen LogP contribution in [0.5, 0.6) is 0 Å². The number of aryl methyl sites for hydroxylation is 2. The number of urea groups is 1. The predicted molar refractivity (Wildman–Crippen MR) is 88.8 cm³/mol. The molecule has 2 aromatic heterocycles. The zero-order valence-corrected chi connectivity index (χ0v) is 13.7. The highest BCUT2D eigenvalue weighted by Crippen LogP contribution is 2.22. The average molecular weight is 329 g/mol. The Morgan fingerprint density at radius 2 is 2.04 bits per heavy atom. The summed E-state index contributed by atoms with van der Waals surface area (Å²) >= 11 is 0. The fourth-order valence-electron chi connectivity index (χ4n) is 2.36. The molecule has 24 heavy (non-hydrogen) atoms. The fourth-order valence-corrected chi connectivity index (χ4v) is 2.36. The maximum atomic E-state index is 12.0. The zero-order chi connectivity index (χ0) is 17.3. The Balaban J connectivity index is 1.62. The maximum Gasteiger partial charge on any atom is 0.319 e. The van der Waals surface area contributed by atoms with Gasteiger partial charge in [-0.1, -0.05) is 0 Å². The van der Waals surface area contributed by atoms with Crippen LogP contribution in [0, 0.1) is 13.8 Å². The van der Waals surface area contributed by atoms with E-state index in [1.54, 1.807) is 51.1 Å². The summed E-state index contributed by atoms with van der Waals surface area (Å²) < 4.78 is 10.8. The van der Waals surface area contributed by atoms with Crippen molar-refractivity contribution in [2.45, 2.75) is 26.4 Å². The molecular formula is C17H19N3O4. The van der Waals surface area contributed by atoms with E-state index in [0.29, 0.717) is 28.7 Å². The lowest BCUT2D eigenvalue weighted by atomic mass is 10.0. The highest BCUT2D eigenvalue weighted by Gasteiger charge is 2.27. The lowest BCUT2D eigenvalue weighted by molar-refractivity contribution is 0.0364. The minimum Gasteiger partial charge on any atom is -0.463 e. The van der Waals surface area contributed by atoms with Gasteiger partial charge in [0.25, 0.3) is 0 Å². The number of anilines is 1. The molecule has 1 aromatic carbocycles. The number of carbonyl (C=O) groups is 1. The molecule has 3 N–H and O–H groups in total. The third-order valence-electron chi connectivity index (χ3n) is 3.62. The van der Waals surface area contributed by atoms with Crippen LogP contribution >= 0.6 is 0 Å². The first-order valence-electron chi connectivity index (χ1n) is 7.55. The summed E-state index contributed by atoms with van der Waals surface area (Å²) in [5.41, 5.74) is 0.611. The number of benzene rings is 1. The van der Waals surface area contributed by atoms with Gasteiger partial charge in [0.05, 0.1) is 6.54 Å². The topological polar surface area (TPSA) is 101 Å². The highest BCUT2D eigenvalue weighted by molar-refractivity contribution is 5.91. The number of amides is 2. The molecule has 0 bridgehead atoms. The molecule has 0 radical (unpaired) electrons. The minimum absolute atomic E-state index is 0.00937. The first-order valence-corrected chi connectivity index (χ1v) is 7.55. The van der Waals surface area contributed by atoms with E-state index < -0.39 is 11.6 Å². The van der Waals surface area contributed by atoms with Crippen molar-refractivity contribution in [3.8, 4) is 0 Å². The summed E-state index contributed by atoms with van der Waals surface area (Å²) in [6.07, 6.45) is 0. The third-order valence-corrected chi connectivity index (χ3v) is 3.62. The number of nitrogens with one attached hydrogen (secondary N) is 2. The molecule has 0 saturated heterocycles. The van der Waals surface area contributed by atoms with Crippen molar-refractivity contribution < 1.29 is 18.7 Å². The molecule has 3 aromatic rings. The van der Waals surface area contributed by atoms with Crippen LogP contribution in [0.15, 0.2) is 39.2 Å². The Kier molecular flexibility index (Phi) is 4.02. The first kappa shape index (κ1) is 16.1. The number of oxazole rings is 1. The van der Waals surface area contributed by atoms with Crippen molar-refractivity contribution in [2.75, 3.05) is 11.9 Å². The van der Waals surface area contributed by atoms with Gasteiger partial charge in [-0.15, -0.1) is 0 Å². The number of furan rings is 1. The van der Waals surface area contributed by atoms with E-state index in [2.05, 4.69) is 15.6 Å². The average Bonchev–Trinajstić information content (AvgIpc) is 3.10. The van der Waals surface area contributed by atoms with Crippen LogP contribution in [-0.4, -0.2) is 22.7 Å². The largest absolute Gasteiger partial charge is 0.463 e. The summed E-state index contributed by atoms with van der Waals surface area (Å²) in [5, 5.41) is 15.7. The van der Waals surface area contributed by atoms with Gasteiger partial charge in [0.1, 0.15) is 22.6 Å². The van der Waals surface area contributed by atoms with E-state index in [1.807, 2.05) is 0 Å². The normalized spacial score (nSPS) is 13.7. The van der Waals surface area contributed by atoms with Crippen molar-refractivity contribution in [3.05, 3.63) is 47.7 Å². The molecule has 126 valence electrons. The quantitative estimate of drug-likeness (QED) is 0.683. The Morgan fingerprint density at radius 1 is 1.25 bits per heavy atom. The van der Waals surface area contributed by atoms with Gasteiger partial charge in [-0.05, 0) is 38.1 Å². The van der Waals surface area contributed by atoms with E-state index in [1.165, 1.54) is 0 Å². The number of fused-ring (bicyclic) bond motifs is 1. The molecule has 7 nitrogen and oxygen atoms in total. The Bertz CT molecular complexity index is 879. The van der Waals surface area contributed by atoms with Crippen molar-refractivity contribution in [2.24, 2.45) is 0 Å². The Labute approximate surface area is 138 Å². The monoisotopic (exact) mass is 329 g/mol. The SMILES string of the molecule is Cc1ccc(C(C)(O)CNC(=O)Nc2ccc3nc(C)oc3c2)o1. The summed E-state index contributed by atoms with van der Waals surface area (Å²) in [5.74, 6) is 1.67. The van der Waals surface area contributed by atoms with Crippen LogP contribution in [0.2, 0.25) is 0 Å². The van der Waals surface area contributed by atoms with E-state index in [0.717, 1.165) is 5.52 Å². The highest BCUT2D eigenvalue weighted by atomic mass is 16.4. The molecule has 7 heteroatoms. The number of carbonyl (C=O) groups excluding carboxylic acids is 1. The van der Waals surface area contributed by atoms with Gasteiger partial charge in [-0.2, -0.15) is 0 Å². The second kappa shape index (κ2) is 6.01. The number of aliphatic hydroxyl groups is 1. The molecule has 0 aliphatic heterocycles. The third kappa shape index (κ3) is 3.41. The van der Waals surface area contributed by atoms with Gasteiger partial charge in [0.2, 0.25) is 0 Å². The van der Waals surface area contributed by atoms with Gasteiger partial charge in [-0.3, -0.25) is 0 Å². The summed E-state index contributed by atoms with van der Waals surface area (Å²) in [6, 6.07) is 8.21. The standard InChI is InChI=1S/C17H19N3O4/c1-10-4-7-15(23-10)17(3,22)9-18-16(21)20-12-5-6-13-14(8-12)24-11(2)19-13/h4-8,22H,9H2,1-3H3,(H2,18,20,21). The number of nitrogens with zero attached hydrogens (tertiary/aromatic N) is 1. The van der Waals surface area contributed by atoms with Crippen LogP contribution in [0.4, 0.5) is 10.5 Å². The molecule has 0 spiro atoms. The minimum atomic E-state index is -1.29. The van der Waals surface area contributed by atoms with E-state index in [-0.39, 0.29) is 6.54 Å². The summed E-state index contributed by atoms with van der Waals surface area (Å²) in [7, 11) is 0. The van der Waals surface area contributed by atoms with Gasteiger partial charge in [0, 0.05) is 18.7 Å². The van der Waals surface area contributed by atoms with Crippen LogP contribution in [0.3, 0.4) is 0 Å². The number of rotatable bonds is 4.